The molecular weight excluding hydrogens is 311 g/mol. The Bertz CT molecular complexity index is 677. The number of ether oxygens (including phenoxy) is 1. The van der Waals surface area contributed by atoms with Gasteiger partial charge in [0.05, 0.1) is 5.56 Å². The Hall–Kier alpha value is -2.37. The smallest absolute Gasteiger partial charge is 0.410 e. The molecule has 0 saturated heterocycles. The van der Waals surface area contributed by atoms with Gasteiger partial charge in [0.15, 0.2) is 0 Å². The van der Waals surface area contributed by atoms with Crippen molar-refractivity contribution in [2.24, 2.45) is 0 Å². The molecule has 2 rings (SSSR count). The van der Waals surface area contributed by atoms with Gasteiger partial charge in [0, 0.05) is 20.1 Å². The standard InChI is InChI=1S/C18H23FN2O3/c1-18(2,3)24-17(23)21-9-7-12(8-10-21)13-5-6-14(15(19)11-13)16(22)20-4/h5-7,11H,8-10H2,1-4H3,(H,20,22). The molecule has 6 heteroatoms. The molecule has 0 bridgehead atoms. The quantitative estimate of drug-likeness (QED) is 0.903. The van der Waals surface area contributed by atoms with Crippen LogP contribution in [0.5, 0.6) is 0 Å². The summed E-state index contributed by atoms with van der Waals surface area (Å²) in [7, 11) is 1.46. The first-order chi connectivity index (χ1) is 11.2. The summed E-state index contributed by atoms with van der Waals surface area (Å²) in [4.78, 5) is 25.2. The van der Waals surface area contributed by atoms with Crippen molar-refractivity contribution in [1.29, 1.82) is 0 Å². The van der Waals surface area contributed by atoms with Crippen LogP contribution in [0.15, 0.2) is 24.3 Å². The maximum absolute atomic E-state index is 14.1. The number of carbonyl (C=O) groups is 2. The van der Waals surface area contributed by atoms with Crippen LogP contribution in [0.2, 0.25) is 0 Å². The summed E-state index contributed by atoms with van der Waals surface area (Å²) in [5.74, 6) is -1.00. The molecule has 1 N–H and O–H groups in total. The van der Waals surface area contributed by atoms with E-state index in [-0.39, 0.29) is 11.7 Å². The SMILES string of the molecule is CNC(=O)c1ccc(C2=CCN(C(=O)OC(C)(C)C)CC2)cc1F. The van der Waals surface area contributed by atoms with E-state index in [9.17, 15) is 14.0 Å². The minimum atomic E-state index is -0.553. The molecule has 0 spiro atoms. The maximum atomic E-state index is 14.1. The molecule has 1 aliphatic rings. The molecule has 0 aliphatic carbocycles. The number of carbonyl (C=O) groups excluding carboxylic acids is 2. The Morgan fingerprint density at radius 1 is 1.29 bits per heavy atom. The van der Waals surface area contributed by atoms with Crippen molar-refractivity contribution in [1.82, 2.24) is 10.2 Å². The molecule has 1 aromatic rings. The van der Waals surface area contributed by atoms with Gasteiger partial charge in [-0.1, -0.05) is 12.1 Å². The fourth-order valence-corrected chi connectivity index (χ4v) is 2.46. The van der Waals surface area contributed by atoms with Crippen molar-refractivity contribution in [2.75, 3.05) is 20.1 Å². The van der Waals surface area contributed by atoms with E-state index in [4.69, 9.17) is 4.74 Å². The lowest BCUT2D eigenvalue weighted by Gasteiger charge is -2.29. The molecule has 0 unspecified atom stereocenters. The molecule has 0 atom stereocenters. The number of rotatable bonds is 2. The number of benzene rings is 1. The minimum absolute atomic E-state index is 0.0213. The molecule has 0 saturated carbocycles. The summed E-state index contributed by atoms with van der Waals surface area (Å²) >= 11 is 0. The molecule has 24 heavy (non-hydrogen) atoms. The summed E-state index contributed by atoms with van der Waals surface area (Å²) in [6.07, 6.45) is 2.15. The molecule has 0 fully saturated rings. The van der Waals surface area contributed by atoms with Crippen molar-refractivity contribution < 1.29 is 18.7 Å². The third-order valence-electron chi connectivity index (χ3n) is 3.67. The number of hydrogen-bond donors (Lipinski definition) is 1. The van der Waals surface area contributed by atoms with Crippen LogP contribution in [0, 0.1) is 5.82 Å². The van der Waals surface area contributed by atoms with E-state index in [1.807, 2.05) is 26.8 Å². The Labute approximate surface area is 141 Å². The van der Waals surface area contributed by atoms with Crippen LogP contribution in [-0.2, 0) is 4.74 Å². The predicted molar refractivity (Wildman–Crippen MR) is 90.2 cm³/mol. The van der Waals surface area contributed by atoms with Gasteiger partial charge in [-0.25, -0.2) is 9.18 Å². The number of hydrogen-bond acceptors (Lipinski definition) is 3. The molecule has 1 heterocycles. The van der Waals surface area contributed by atoms with Crippen LogP contribution in [0.4, 0.5) is 9.18 Å². The van der Waals surface area contributed by atoms with Crippen molar-refractivity contribution in [3.63, 3.8) is 0 Å². The van der Waals surface area contributed by atoms with Gasteiger partial charge in [-0.3, -0.25) is 4.79 Å². The number of amides is 2. The van der Waals surface area contributed by atoms with Crippen molar-refractivity contribution >= 4 is 17.6 Å². The van der Waals surface area contributed by atoms with Crippen LogP contribution in [0.25, 0.3) is 5.57 Å². The topological polar surface area (TPSA) is 58.6 Å². The van der Waals surface area contributed by atoms with Crippen LogP contribution >= 0.6 is 0 Å². The van der Waals surface area contributed by atoms with E-state index in [2.05, 4.69) is 5.32 Å². The summed E-state index contributed by atoms with van der Waals surface area (Å²) < 4.78 is 19.4. The van der Waals surface area contributed by atoms with Gasteiger partial charge in [-0.2, -0.15) is 0 Å². The molecule has 1 aromatic carbocycles. The highest BCUT2D eigenvalue weighted by molar-refractivity contribution is 5.94. The van der Waals surface area contributed by atoms with E-state index in [0.29, 0.717) is 19.5 Å². The number of halogens is 1. The molecular formula is C18H23FN2O3. The average Bonchev–Trinajstić information content (AvgIpc) is 2.52. The van der Waals surface area contributed by atoms with Gasteiger partial charge in [0.25, 0.3) is 5.91 Å². The third-order valence-corrected chi connectivity index (χ3v) is 3.67. The number of nitrogens with one attached hydrogen (secondary N) is 1. The Balaban J connectivity index is 2.09. The van der Waals surface area contributed by atoms with E-state index in [0.717, 1.165) is 11.1 Å². The van der Waals surface area contributed by atoms with Crippen molar-refractivity contribution in [2.45, 2.75) is 32.8 Å². The second-order valence-corrected chi connectivity index (χ2v) is 6.68. The van der Waals surface area contributed by atoms with Gasteiger partial charge in [-0.15, -0.1) is 0 Å². The predicted octanol–water partition coefficient (Wildman–Crippen LogP) is 3.21. The monoisotopic (exact) mass is 334 g/mol. The normalized spacial score (nSPS) is 14.9. The highest BCUT2D eigenvalue weighted by Crippen LogP contribution is 2.25. The van der Waals surface area contributed by atoms with Crippen LogP contribution in [-0.4, -0.2) is 42.6 Å². The zero-order valence-corrected chi connectivity index (χ0v) is 14.5. The summed E-state index contributed by atoms with van der Waals surface area (Å²) in [5.41, 5.74) is 1.18. The summed E-state index contributed by atoms with van der Waals surface area (Å²) in [5, 5.41) is 2.41. The largest absolute Gasteiger partial charge is 0.444 e. The molecule has 0 aromatic heterocycles. The highest BCUT2D eigenvalue weighted by atomic mass is 19.1. The first kappa shape index (κ1) is 18.0. The Kier molecular flexibility index (Phi) is 5.26. The van der Waals surface area contributed by atoms with Gasteiger partial charge in [0.2, 0.25) is 0 Å². The Morgan fingerprint density at radius 3 is 2.50 bits per heavy atom. The van der Waals surface area contributed by atoms with E-state index in [1.54, 1.807) is 11.0 Å². The fourth-order valence-electron chi connectivity index (χ4n) is 2.46. The second kappa shape index (κ2) is 7.03. The van der Waals surface area contributed by atoms with E-state index >= 15 is 0 Å². The minimum Gasteiger partial charge on any atom is -0.444 e. The number of nitrogens with zero attached hydrogens (tertiary/aromatic N) is 1. The third kappa shape index (κ3) is 4.34. The lowest BCUT2D eigenvalue weighted by Crippen LogP contribution is -2.39. The Morgan fingerprint density at radius 2 is 2.00 bits per heavy atom. The second-order valence-electron chi connectivity index (χ2n) is 6.68. The molecule has 1 aliphatic heterocycles. The maximum Gasteiger partial charge on any atom is 0.410 e. The highest BCUT2D eigenvalue weighted by Gasteiger charge is 2.24. The van der Waals surface area contributed by atoms with Gasteiger partial charge >= 0.3 is 6.09 Å². The van der Waals surface area contributed by atoms with Crippen LogP contribution in [0.1, 0.15) is 43.1 Å². The van der Waals surface area contributed by atoms with E-state index < -0.39 is 17.3 Å². The van der Waals surface area contributed by atoms with E-state index in [1.165, 1.54) is 19.2 Å². The molecule has 2 amide bonds. The molecule has 130 valence electrons. The molecule has 0 radical (unpaired) electrons. The zero-order valence-electron chi connectivity index (χ0n) is 14.5. The fraction of sp³-hybridized carbons (Fsp3) is 0.444. The summed E-state index contributed by atoms with van der Waals surface area (Å²) in [6.45, 7) is 6.41. The first-order valence-corrected chi connectivity index (χ1v) is 7.90. The van der Waals surface area contributed by atoms with Crippen molar-refractivity contribution in [3.8, 4) is 0 Å². The average molecular weight is 334 g/mol. The molecule has 5 nitrogen and oxygen atoms in total. The lowest BCUT2D eigenvalue weighted by molar-refractivity contribution is 0.0270. The zero-order chi connectivity index (χ0) is 17.9. The van der Waals surface area contributed by atoms with Gasteiger partial charge < -0.3 is 15.0 Å². The van der Waals surface area contributed by atoms with Gasteiger partial charge in [0.1, 0.15) is 11.4 Å². The summed E-state index contributed by atoms with van der Waals surface area (Å²) in [6, 6.07) is 4.56. The van der Waals surface area contributed by atoms with Crippen molar-refractivity contribution in [3.05, 3.63) is 41.2 Å². The van der Waals surface area contributed by atoms with Crippen LogP contribution in [0.3, 0.4) is 0 Å². The van der Waals surface area contributed by atoms with Crippen LogP contribution < -0.4 is 5.32 Å². The van der Waals surface area contributed by atoms with Gasteiger partial charge in [-0.05, 0) is 50.5 Å². The lowest BCUT2D eigenvalue weighted by atomic mass is 9.98. The first-order valence-electron chi connectivity index (χ1n) is 7.90.